The van der Waals surface area contributed by atoms with E-state index in [1.807, 2.05) is 34.9 Å². The first-order chi connectivity index (χ1) is 11.5. The van der Waals surface area contributed by atoms with Crippen LogP contribution in [0.1, 0.15) is 11.4 Å². The minimum Gasteiger partial charge on any atom is -0.497 e. The van der Waals surface area contributed by atoms with Crippen LogP contribution in [-0.4, -0.2) is 36.3 Å². The fourth-order valence-corrected chi connectivity index (χ4v) is 2.81. The summed E-state index contributed by atoms with van der Waals surface area (Å²) in [4.78, 5) is 8.87. The van der Waals surface area contributed by atoms with Gasteiger partial charge >= 0.3 is 0 Å². The number of fused-ring (bicyclic) bond motifs is 1. The van der Waals surface area contributed by atoms with Gasteiger partial charge in [-0.25, -0.2) is 23.1 Å². The zero-order chi connectivity index (χ0) is 17.2. The van der Waals surface area contributed by atoms with Gasteiger partial charge in [0, 0.05) is 6.20 Å². The Bertz CT molecular complexity index is 949. The number of benzene rings is 1. The van der Waals surface area contributed by atoms with Crippen molar-refractivity contribution in [1.82, 2.24) is 19.3 Å². The van der Waals surface area contributed by atoms with E-state index < -0.39 is 10.0 Å². The molecule has 0 amide bonds. The summed E-state index contributed by atoms with van der Waals surface area (Å²) in [5, 5.41) is 0. The molecule has 24 heavy (non-hydrogen) atoms. The highest BCUT2D eigenvalue weighted by Gasteiger charge is 2.13. The van der Waals surface area contributed by atoms with Gasteiger partial charge in [0.15, 0.2) is 5.65 Å². The van der Waals surface area contributed by atoms with Crippen LogP contribution in [0.2, 0.25) is 0 Å². The van der Waals surface area contributed by atoms with Crippen molar-refractivity contribution >= 4 is 21.2 Å². The third-order valence-electron chi connectivity index (χ3n) is 3.58. The maximum Gasteiger partial charge on any atom is 0.209 e. The zero-order valence-electron chi connectivity index (χ0n) is 13.4. The fourth-order valence-electron chi connectivity index (χ4n) is 2.42. The standard InChI is InChI=1S/C16H18N4O3S/c1-23-13-7-5-12(6-8-13)11-20-15(10-18-24(2,21)22)19-14-4-3-9-17-16(14)20/h3-9,18H,10-11H2,1-2H3. The zero-order valence-corrected chi connectivity index (χ0v) is 14.2. The van der Waals surface area contributed by atoms with Crippen LogP contribution in [0.4, 0.5) is 0 Å². The number of imidazole rings is 1. The lowest BCUT2D eigenvalue weighted by Crippen LogP contribution is -2.23. The number of hydrogen-bond acceptors (Lipinski definition) is 5. The molecule has 0 aliphatic carbocycles. The summed E-state index contributed by atoms with van der Waals surface area (Å²) in [6.45, 7) is 0.656. The number of nitrogens with zero attached hydrogens (tertiary/aromatic N) is 3. The molecule has 7 nitrogen and oxygen atoms in total. The van der Waals surface area contributed by atoms with Crippen molar-refractivity contribution in [1.29, 1.82) is 0 Å². The Labute approximate surface area is 140 Å². The molecule has 0 saturated carbocycles. The molecule has 0 bridgehead atoms. The van der Waals surface area contributed by atoms with Gasteiger partial charge in [-0.2, -0.15) is 0 Å². The average Bonchev–Trinajstić information content (AvgIpc) is 2.91. The monoisotopic (exact) mass is 346 g/mol. The lowest BCUT2D eigenvalue weighted by atomic mass is 10.2. The van der Waals surface area contributed by atoms with Crippen LogP contribution in [0.15, 0.2) is 42.6 Å². The van der Waals surface area contributed by atoms with Gasteiger partial charge in [0.1, 0.15) is 17.1 Å². The first-order valence-corrected chi connectivity index (χ1v) is 9.23. The van der Waals surface area contributed by atoms with Gasteiger partial charge in [-0.05, 0) is 29.8 Å². The second kappa shape index (κ2) is 6.58. The number of rotatable bonds is 6. The van der Waals surface area contributed by atoms with Gasteiger partial charge < -0.3 is 9.30 Å². The van der Waals surface area contributed by atoms with Crippen LogP contribution in [-0.2, 0) is 23.1 Å². The number of sulfonamides is 1. The molecule has 2 heterocycles. The van der Waals surface area contributed by atoms with Crippen molar-refractivity contribution in [2.24, 2.45) is 0 Å². The van der Waals surface area contributed by atoms with Gasteiger partial charge in [-0.15, -0.1) is 0 Å². The molecule has 0 atom stereocenters. The van der Waals surface area contributed by atoms with Gasteiger partial charge in [0.2, 0.25) is 10.0 Å². The summed E-state index contributed by atoms with van der Waals surface area (Å²) < 4.78 is 32.3. The van der Waals surface area contributed by atoms with Crippen molar-refractivity contribution in [2.75, 3.05) is 13.4 Å². The smallest absolute Gasteiger partial charge is 0.209 e. The maximum atomic E-state index is 11.4. The van der Waals surface area contributed by atoms with E-state index in [1.54, 1.807) is 19.4 Å². The molecular weight excluding hydrogens is 328 g/mol. The van der Waals surface area contributed by atoms with E-state index in [9.17, 15) is 8.42 Å². The normalized spacial score (nSPS) is 11.8. The fraction of sp³-hybridized carbons (Fsp3) is 0.250. The third-order valence-corrected chi connectivity index (χ3v) is 4.24. The number of ether oxygens (including phenoxy) is 1. The Balaban J connectivity index is 1.96. The quantitative estimate of drug-likeness (QED) is 0.732. The summed E-state index contributed by atoms with van der Waals surface area (Å²) in [6, 6.07) is 11.4. The summed E-state index contributed by atoms with van der Waals surface area (Å²) in [5.74, 6) is 1.40. The molecule has 8 heteroatoms. The van der Waals surface area contributed by atoms with Crippen LogP contribution in [0.25, 0.3) is 11.2 Å². The molecular formula is C16H18N4O3S. The molecule has 0 spiro atoms. The van der Waals surface area contributed by atoms with Gasteiger partial charge in [0.25, 0.3) is 0 Å². The largest absolute Gasteiger partial charge is 0.497 e. The molecule has 126 valence electrons. The van der Waals surface area contributed by atoms with E-state index in [0.29, 0.717) is 12.4 Å². The van der Waals surface area contributed by atoms with Crippen molar-refractivity contribution in [3.63, 3.8) is 0 Å². The lowest BCUT2D eigenvalue weighted by Gasteiger charge is -2.10. The molecule has 0 radical (unpaired) electrons. The molecule has 0 aliphatic heterocycles. The lowest BCUT2D eigenvalue weighted by molar-refractivity contribution is 0.414. The predicted octanol–water partition coefficient (Wildman–Crippen LogP) is 1.54. The van der Waals surface area contributed by atoms with E-state index in [2.05, 4.69) is 14.7 Å². The van der Waals surface area contributed by atoms with Crippen molar-refractivity contribution in [2.45, 2.75) is 13.1 Å². The molecule has 0 aliphatic rings. The van der Waals surface area contributed by atoms with Gasteiger partial charge in [0.05, 0.1) is 26.5 Å². The Morgan fingerprint density at radius 3 is 2.62 bits per heavy atom. The van der Waals surface area contributed by atoms with Gasteiger partial charge in [-0.3, -0.25) is 0 Å². The highest BCUT2D eigenvalue weighted by atomic mass is 32.2. The second-order valence-corrected chi connectivity index (χ2v) is 7.23. The Morgan fingerprint density at radius 2 is 1.96 bits per heavy atom. The van der Waals surface area contributed by atoms with E-state index in [4.69, 9.17) is 4.74 Å². The topological polar surface area (TPSA) is 86.1 Å². The number of aromatic nitrogens is 3. The molecule has 0 unspecified atom stereocenters. The van der Waals surface area contributed by atoms with Crippen molar-refractivity contribution < 1.29 is 13.2 Å². The minimum absolute atomic E-state index is 0.116. The molecule has 0 saturated heterocycles. The summed E-state index contributed by atoms with van der Waals surface area (Å²) in [5.41, 5.74) is 2.50. The summed E-state index contributed by atoms with van der Waals surface area (Å²) in [6.07, 6.45) is 2.82. The molecule has 0 fully saturated rings. The first-order valence-electron chi connectivity index (χ1n) is 7.34. The van der Waals surface area contributed by atoms with E-state index >= 15 is 0 Å². The molecule has 1 aromatic carbocycles. The van der Waals surface area contributed by atoms with Gasteiger partial charge in [-0.1, -0.05) is 12.1 Å². The van der Waals surface area contributed by atoms with Crippen LogP contribution in [0.3, 0.4) is 0 Å². The Morgan fingerprint density at radius 1 is 1.21 bits per heavy atom. The molecule has 2 aromatic heterocycles. The molecule has 3 aromatic rings. The summed E-state index contributed by atoms with van der Waals surface area (Å²) in [7, 11) is -1.68. The predicted molar refractivity (Wildman–Crippen MR) is 91.3 cm³/mol. The minimum atomic E-state index is -3.30. The van der Waals surface area contributed by atoms with E-state index in [0.717, 1.165) is 28.7 Å². The van der Waals surface area contributed by atoms with Crippen LogP contribution in [0, 0.1) is 0 Å². The Kier molecular flexibility index (Phi) is 4.50. The average molecular weight is 346 g/mol. The molecule has 3 rings (SSSR count). The van der Waals surface area contributed by atoms with E-state index in [1.165, 1.54) is 0 Å². The van der Waals surface area contributed by atoms with Crippen LogP contribution >= 0.6 is 0 Å². The maximum absolute atomic E-state index is 11.4. The second-order valence-electron chi connectivity index (χ2n) is 5.40. The highest BCUT2D eigenvalue weighted by molar-refractivity contribution is 7.88. The number of pyridine rings is 1. The van der Waals surface area contributed by atoms with Crippen LogP contribution in [0.5, 0.6) is 5.75 Å². The van der Waals surface area contributed by atoms with Crippen molar-refractivity contribution in [3.8, 4) is 5.75 Å². The third kappa shape index (κ3) is 3.72. The SMILES string of the molecule is COc1ccc(Cn2c(CNS(C)(=O)=O)nc3cccnc32)cc1. The number of hydrogen-bond donors (Lipinski definition) is 1. The van der Waals surface area contributed by atoms with Crippen LogP contribution < -0.4 is 9.46 Å². The number of nitrogens with one attached hydrogen (secondary N) is 1. The van der Waals surface area contributed by atoms with Crippen molar-refractivity contribution in [3.05, 3.63) is 54.0 Å². The summed E-state index contributed by atoms with van der Waals surface area (Å²) >= 11 is 0. The number of methoxy groups -OCH3 is 1. The first kappa shape index (κ1) is 16.4. The van der Waals surface area contributed by atoms with E-state index in [-0.39, 0.29) is 6.54 Å². The highest BCUT2D eigenvalue weighted by Crippen LogP contribution is 2.18. The Hall–Kier alpha value is -2.45. The molecule has 1 N–H and O–H groups in total.